The zero-order valence-electron chi connectivity index (χ0n) is 12.1. The molecule has 2 N–H and O–H groups in total. The Kier molecular flexibility index (Phi) is 4.83. The molecule has 0 bridgehead atoms. The highest BCUT2D eigenvalue weighted by molar-refractivity contribution is 7.89. The molecule has 0 fully saturated rings. The van der Waals surface area contributed by atoms with E-state index >= 15 is 0 Å². The lowest BCUT2D eigenvalue weighted by Crippen LogP contribution is -2.45. The fourth-order valence-corrected chi connectivity index (χ4v) is 4.91. The molecule has 1 rings (SSSR count). The highest BCUT2D eigenvalue weighted by atomic mass is 32.2. The van der Waals surface area contributed by atoms with Crippen LogP contribution in [0.3, 0.4) is 0 Å². The normalized spacial score (nSPS) is 13.8. The molecule has 0 aliphatic rings. The van der Waals surface area contributed by atoms with Crippen LogP contribution in [0.4, 0.5) is 0 Å². The Morgan fingerprint density at radius 2 is 1.84 bits per heavy atom. The van der Waals surface area contributed by atoms with E-state index in [9.17, 15) is 8.42 Å². The first-order chi connectivity index (χ1) is 8.45. The summed E-state index contributed by atoms with van der Waals surface area (Å²) in [6, 6.07) is 1.51. The number of rotatable bonds is 5. The molecule has 0 aromatic carbocycles. The molecule has 0 saturated carbocycles. The van der Waals surface area contributed by atoms with Crippen LogP contribution in [0.5, 0.6) is 0 Å². The van der Waals surface area contributed by atoms with E-state index in [-0.39, 0.29) is 16.9 Å². The van der Waals surface area contributed by atoms with Crippen LogP contribution in [0.1, 0.15) is 45.9 Å². The van der Waals surface area contributed by atoms with Crippen molar-refractivity contribution in [3.8, 4) is 0 Å². The summed E-state index contributed by atoms with van der Waals surface area (Å²) in [6.45, 7) is 9.88. The highest BCUT2D eigenvalue weighted by Gasteiger charge is 2.30. The molecule has 0 radical (unpaired) electrons. The summed E-state index contributed by atoms with van der Waals surface area (Å²) < 4.78 is 27.3. The van der Waals surface area contributed by atoms with E-state index in [0.717, 1.165) is 6.42 Å². The molecule has 110 valence electrons. The van der Waals surface area contributed by atoms with Gasteiger partial charge in [-0.1, -0.05) is 20.8 Å². The predicted octanol–water partition coefficient (Wildman–Crippen LogP) is 2.73. The van der Waals surface area contributed by atoms with Gasteiger partial charge >= 0.3 is 0 Å². The van der Waals surface area contributed by atoms with Gasteiger partial charge in [-0.3, -0.25) is 0 Å². The lowest BCUT2D eigenvalue weighted by Gasteiger charge is -2.32. The number of nitrogens with one attached hydrogen (secondary N) is 1. The van der Waals surface area contributed by atoms with Gasteiger partial charge in [-0.05, 0) is 31.7 Å². The highest BCUT2D eigenvalue weighted by Crippen LogP contribution is 2.29. The van der Waals surface area contributed by atoms with Crippen molar-refractivity contribution >= 4 is 21.4 Å². The smallest absolute Gasteiger partial charge is 0.241 e. The molecule has 6 heteroatoms. The number of sulfonamides is 1. The Morgan fingerprint density at radius 1 is 1.26 bits per heavy atom. The minimum atomic E-state index is -3.53. The summed E-state index contributed by atoms with van der Waals surface area (Å²) in [5, 5.41) is 10.6. The van der Waals surface area contributed by atoms with Crippen LogP contribution in [0.2, 0.25) is 0 Å². The van der Waals surface area contributed by atoms with Gasteiger partial charge in [0.15, 0.2) is 0 Å². The summed E-state index contributed by atoms with van der Waals surface area (Å²) in [5.74, 6) is 0. The monoisotopic (exact) mass is 305 g/mol. The summed E-state index contributed by atoms with van der Waals surface area (Å²) >= 11 is 1.25. The van der Waals surface area contributed by atoms with Crippen LogP contribution in [-0.2, 0) is 16.6 Å². The van der Waals surface area contributed by atoms with Gasteiger partial charge in [0, 0.05) is 15.8 Å². The van der Waals surface area contributed by atoms with Gasteiger partial charge in [-0.15, -0.1) is 11.3 Å². The van der Waals surface area contributed by atoms with Crippen molar-refractivity contribution in [3.05, 3.63) is 16.3 Å². The van der Waals surface area contributed by atoms with Gasteiger partial charge in [0.1, 0.15) is 0 Å². The molecule has 1 heterocycles. The molecule has 0 aliphatic heterocycles. The summed E-state index contributed by atoms with van der Waals surface area (Å²) in [7, 11) is -3.53. The molecular formula is C13H23NO3S2. The van der Waals surface area contributed by atoms with Gasteiger partial charge in [-0.2, -0.15) is 0 Å². The first kappa shape index (κ1) is 16.6. The average Bonchev–Trinajstić information content (AvgIpc) is 2.59. The molecule has 4 nitrogen and oxygen atoms in total. The Morgan fingerprint density at radius 3 is 2.26 bits per heavy atom. The number of aliphatic hydroxyl groups is 1. The van der Waals surface area contributed by atoms with E-state index in [4.69, 9.17) is 5.11 Å². The van der Waals surface area contributed by atoms with Crippen LogP contribution in [0.25, 0.3) is 0 Å². The summed E-state index contributed by atoms with van der Waals surface area (Å²) in [4.78, 5) is 0.873. The molecule has 1 aromatic rings. The maximum absolute atomic E-state index is 12.3. The van der Waals surface area contributed by atoms with Crippen molar-refractivity contribution in [2.75, 3.05) is 0 Å². The van der Waals surface area contributed by atoms with Crippen molar-refractivity contribution in [3.63, 3.8) is 0 Å². The zero-order chi connectivity index (χ0) is 14.9. The number of aliphatic hydroxyl groups excluding tert-OH is 1. The second kappa shape index (κ2) is 5.52. The second-order valence-corrected chi connectivity index (χ2v) is 9.31. The molecule has 0 amide bonds. The van der Waals surface area contributed by atoms with Gasteiger partial charge in [0.05, 0.1) is 11.5 Å². The standard InChI is InChI=1S/C13H23NO3S2/c1-12(2,3)9-13(4,5)14-19(16,17)11-6-10(7-15)18-8-11/h6,8,14-15H,7,9H2,1-5H3. The van der Waals surface area contributed by atoms with E-state index in [1.54, 1.807) is 5.38 Å². The summed E-state index contributed by atoms with van der Waals surface area (Å²) in [5.41, 5.74) is -0.477. The number of hydrogen-bond donors (Lipinski definition) is 2. The van der Waals surface area contributed by atoms with Crippen molar-refractivity contribution in [2.45, 2.75) is 58.1 Å². The average molecular weight is 305 g/mol. The van der Waals surface area contributed by atoms with Gasteiger partial charge in [0.2, 0.25) is 10.0 Å². The fraction of sp³-hybridized carbons (Fsp3) is 0.692. The summed E-state index contributed by atoms with van der Waals surface area (Å²) in [6.07, 6.45) is 0.732. The lowest BCUT2D eigenvalue weighted by atomic mass is 9.82. The lowest BCUT2D eigenvalue weighted by molar-refractivity contribution is 0.269. The SMILES string of the molecule is CC(C)(C)CC(C)(C)NS(=O)(=O)c1csc(CO)c1. The van der Waals surface area contributed by atoms with Crippen molar-refractivity contribution in [1.29, 1.82) is 0 Å². The van der Waals surface area contributed by atoms with Crippen molar-refractivity contribution < 1.29 is 13.5 Å². The Bertz CT molecular complexity index is 524. The Balaban J connectivity index is 2.90. The van der Waals surface area contributed by atoms with Gasteiger partial charge in [-0.25, -0.2) is 13.1 Å². The van der Waals surface area contributed by atoms with Gasteiger partial charge in [0.25, 0.3) is 0 Å². The van der Waals surface area contributed by atoms with Crippen LogP contribution in [0.15, 0.2) is 16.3 Å². The molecule has 19 heavy (non-hydrogen) atoms. The largest absolute Gasteiger partial charge is 0.391 e. The number of thiophene rings is 1. The minimum absolute atomic E-state index is 0.0386. The third-order valence-corrected chi connectivity index (χ3v) is 5.23. The van der Waals surface area contributed by atoms with E-state index in [1.807, 2.05) is 13.8 Å². The van der Waals surface area contributed by atoms with E-state index in [0.29, 0.717) is 4.88 Å². The van der Waals surface area contributed by atoms with E-state index in [1.165, 1.54) is 17.4 Å². The Labute approximate surface area is 119 Å². The van der Waals surface area contributed by atoms with Crippen LogP contribution >= 0.6 is 11.3 Å². The molecule has 0 unspecified atom stereocenters. The number of hydrogen-bond acceptors (Lipinski definition) is 4. The topological polar surface area (TPSA) is 66.4 Å². The third-order valence-electron chi connectivity index (χ3n) is 2.48. The predicted molar refractivity (Wildman–Crippen MR) is 78.7 cm³/mol. The van der Waals surface area contributed by atoms with Gasteiger partial charge < -0.3 is 5.11 Å². The molecule has 0 aliphatic carbocycles. The molecule has 0 spiro atoms. The van der Waals surface area contributed by atoms with E-state index < -0.39 is 15.6 Å². The second-order valence-electron chi connectivity index (χ2n) is 6.63. The van der Waals surface area contributed by atoms with Crippen LogP contribution in [0, 0.1) is 5.41 Å². The van der Waals surface area contributed by atoms with Crippen LogP contribution < -0.4 is 4.72 Å². The third kappa shape index (κ3) is 5.22. The van der Waals surface area contributed by atoms with Crippen molar-refractivity contribution in [1.82, 2.24) is 4.72 Å². The molecule has 0 saturated heterocycles. The fourth-order valence-electron chi connectivity index (χ4n) is 2.37. The quantitative estimate of drug-likeness (QED) is 0.879. The minimum Gasteiger partial charge on any atom is -0.391 e. The molecule has 1 aromatic heterocycles. The molecule has 0 atom stereocenters. The first-order valence-electron chi connectivity index (χ1n) is 6.17. The Hall–Kier alpha value is -0.430. The first-order valence-corrected chi connectivity index (χ1v) is 8.54. The zero-order valence-corrected chi connectivity index (χ0v) is 13.8. The molecular weight excluding hydrogens is 282 g/mol. The maximum Gasteiger partial charge on any atom is 0.241 e. The maximum atomic E-state index is 12.3. The van der Waals surface area contributed by atoms with E-state index in [2.05, 4.69) is 25.5 Å². The van der Waals surface area contributed by atoms with Crippen LogP contribution in [-0.4, -0.2) is 19.1 Å². The van der Waals surface area contributed by atoms with Crippen molar-refractivity contribution in [2.24, 2.45) is 5.41 Å².